The van der Waals surface area contributed by atoms with Gasteiger partial charge in [0.25, 0.3) is 0 Å². The highest BCUT2D eigenvalue weighted by atomic mass is 16.5. The summed E-state index contributed by atoms with van der Waals surface area (Å²) in [6.45, 7) is 11.6. The molecule has 0 saturated carbocycles. The van der Waals surface area contributed by atoms with Gasteiger partial charge in [-0.1, -0.05) is 30.4 Å². The third-order valence-electron chi connectivity index (χ3n) is 5.46. The minimum Gasteiger partial charge on any atom is -0.507 e. The van der Waals surface area contributed by atoms with Crippen LogP contribution in [0.15, 0.2) is 86.5 Å². The molecule has 0 spiro atoms. The third kappa shape index (κ3) is 4.78. The summed E-state index contributed by atoms with van der Waals surface area (Å²) in [6, 6.07) is 16.0. The number of hydrogen-bond acceptors (Lipinski definition) is 3. The van der Waals surface area contributed by atoms with E-state index in [1.807, 2.05) is 66.8 Å². The summed E-state index contributed by atoms with van der Waals surface area (Å²) in [4.78, 5) is 0. The number of phenols is 1. The number of hydrogen-bond donors (Lipinski definition) is 1. The lowest BCUT2D eigenvalue weighted by atomic mass is 9.91. The molecule has 3 rings (SSSR count). The quantitative estimate of drug-likeness (QED) is 0.357. The second kappa shape index (κ2) is 10.5. The van der Waals surface area contributed by atoms with Gasteiger partial charge < -0.3 is 14.6 Å². The van der Waals surface area contributed by atoms with Gasteiger partial charge in [0, 0.05) is 11.1 Å². The summed E-state index contributed by atoms with van der Waals surface area (Å²) in [5.74, 6) is 1.85. The van der Waals surface area contributed by atoms with Crippen LogP contribution in [-0.2, 0) is 19.3 Å². The molecule has 3 aromatic carbocycles. The standard InChI is InChI=1S/C29H30O3/c1-6-9-20-16-25(21-12-14-27(31-4)23(18-21)10-7-2)29(30)26(17-20)22-13-15-28(32-5)24(19-22)11-8-3/h6-8,12-19,30H,1-3,9-11H2,4-5H3. The van der Waals surface area contributed by atoms with Crippen molar-refractivity contribution in [2.45, 2.75) is 19.3 Å². The zero-order chi connectivity index (χ0) is 23.1. The average Bonchev–Trinajstić information content (AvgIpc) is 2.80. The predicted octanol–water partition coefficient (Wildman–Crippen LogP) is 6.93. The van der Waals surface area contributed by atoms with E-state index >= 15 is 0 Å². The van der Waals surface area contributed by atoms with E-state index in [1.165, 1.54) is 0 Å². The molecule has 0 saturated heterocycles. The Hall–Kier alpha value is -3.72. The number of allylic oxidation sites excluding steroid dienone is 3. The number of methoxy groups -OCH3 is 2. The Labute approximate surface area is 191 Å². The van der Waals surface area contributed by atoms with Gasteiger partial charge in [-0.2, -0.15) is 0 Å². The van der Waals surface area contributed by atoms with Gasteiger partial charge in [0.1, 0.15) is 17.2 Å². The number of aromatic hydroxyl groups is 1. The maximum atomic E-state index is 11.4. The molecule has 3 nitrogen and oxygen atoms in total. The fourth-order valence-electron chi connectivity index (χ4n) is 3.94. The van der Waals surface area contributed by atoms with Gasteiger partial charge in [-0.15, -0.1) is 19.7 Å². The first-order valence-electron chi connectivity index (χ1n) is 10.6. The van der Waals surface area contributed by atoms with Crippen LogP contribution in [-0.4, -0.2) is 19.3 Å². The van der Waals surface area contributed by atoms with E-state index in [2.05, 4.69) is 19.7 Å². The Balaban J connectivity index is 2.21. The maximum absolute atomic E-state index is 11.4. The molecule has 0 atom stereocenters. The molecule has 0 aliphatic carbocycles. The lowest BCUT2D eigenvalue weighted by molar-refractivity contribution is 0.410. The summed E-state index contributed by atoms with van der Waals surface area (Å²) in [5.41, 5.74) is 6.51. The molecule has 0 heterocycles. The van der Waals surface area contributed by atoms with Gasteiger partial charge in [0.2, 0.25) is 0 Å². The van der Waals surface area contributed by atoms with Crippen molar-refractivity contribution in [1.29, 1.82) is 0 Å². The Bertz CT molecular complexity index is 1060. The molecule has 32 heavy (non-hydrogen) atoms. The molecular weight excluding hydrogens is 396 g/mol. The first kappa shape index (κ1) is 23.0. The van der Waals surface area contributed by atoms with Crippen LogP contribution in [0.4, 0.5) is 0 Å². The van der Waals surface area contributed by atoms with Crippen LogP contribution in [0.25, 0.3) is 22.3 Å². The molecule has 0 bridgehead atoms. The molecule has 3 aromatic rings. The van der Waals surface area contributed by atoms with Gasteiger partial charge in [-0.05, 0) is 83.5 Å². The van der Waals surface area contributed by atoms with E-state index < -0.39 is 0 Å². The average molecular weight is 427 g/mol. The van der Waals surface area contributed by atoms with Crippen LogP contribution in [0.2, 0.25) is 0 Å². The Morgan fingerprint density at radius 2 is 1.12 bits per heavy atom. The second-order valence-electron chi connectivity index (χ2n) is 7.57. The molecule has 0 amide bonds. The molecule has 0 radical (unpaired) electrons. The summed E-state index contributed by atoms with van der Waals surface area (Å²) in [7, 11) is 3.32. The maximum Gasteiger partial charge on any atom is 0.131 e. The summed E-state index contributed by atoms with van der Waals surface area (Å²) < 4.78 is 11.0. The van der Waals surface area contributed by atoms with Gasteiger partial charge in [-0.3, -0.25) is 0 Å². The SMILES string of the molecule is C=CCc1cc(-c2ccc(OC)c(CC=C)c2)c(O)c(-c2ccc(OC)c(CC=C)c2)c1. The number of benzene rings is 3. The van der Waals surface area contributed by atoms with Crippen LogP contribution < -0.4 is 9.47 Å². The molecule has 164 valence electrons. The fraction of sp³-hybridized carbons (Fsp3) is 0.172. The highest BCUT2D eigenvalue weighted by molar-refractivity contribution is 5.84. The first-order chi connectivity index (χ1) is 15.6. The largest absolute Gasteiger partial charge is 0.507 e. The van der Waals surface area contributed by atoms with Crippen LogP contribution >= 0.6 is 0 Å². The van der Waals surface area contributed by atoms with E-state index in [0.717, 1.165) is 50.4 Å². The highest BCUT2D eigenvalue weighted by Crippen LogP contribution is 2.41. The van der Waals surface area contributed by atoms with Gasteiger partial charge in [0.15, 0.2) is 0 Å². The van der Waals surface area contributed by atoms with Crippen molar-refractivity contribution in [1.82, 2.24) is 0 Å². The fourth-order valence-corrected chi connectivity index (χ4v) is 3.94. The lowest BCUT2D eigenvalue weighted by Crippen LogP contribution is -1.95. The van der Waals surface area contributed by atoms with E-state index in [-0.39, 0.29) is 5.75 Å². The Morgan fingerprint density at radius 1 is 0.688 bits per heavy atom. The molecule has 0 aliphatic rings. The van der Waals surface area contributed by atoms with E-state index in [4.69, 9.17) is 9.47 Å². The lowest BCUT2D eigenvalue weighted by Gasteiger charge is -2.16. The van der Waals surface area contributed by atoms with Crippen LogP contribution in [0.1, 0.15) is 16.7 Å². The minimum absolute atomic E-state index is 0.238. The minimum atomic E-state index is 0.238. The van der Waals surface area contributed by atoms with Crippen molar-refractivity contribution in [2.24, 2.45) is 0 Å². The Morgan fingerprint density at radius 3 is 1.50 bits per heavy atom. The smallest absolute Gasteiger partial charge is 0.131 e. The van der Waals surface area contributed by atoms with Gasteiger partial charge in [0.05, 0.1) is 14.2 Å². The Kier molecular flexibility index (Phi) is 7.56. The molecule has 0 aliphatic heterocycles. The summed E-state index contributed by atoms with van der Waals surface area (Å²) in [5, 5.41) is 11.4. The van der Waals surface area contributed by atoms with Crippen LogP contribution in [0.5, 0.6) is 17.2 Å². The highest BCUT2D eigenvalue weighted by Gasteiger charge is 2.16. The molecule has 0 unspecified atom stereocenters. The molecule has 0 aromatic heterocycles. The first-order valence-corrected chi connectivity index (χ1v) is 10.6. The molecule has 0 fully saturated rings. The van der Waals surface area contributed by atoms with Crippen LogP contribution in [0, 0.1) is 0 Å². The molecular formula is C29H30O3. The normalized spacial score (nSPS) is 10.4. The van der Waals surface area contributed by atoms with Crippen molar-refractivity contribution < 1.29 is 14.6 Å². The van der Waals surface area contributed by atoms with E-state index in [9.17, 15) is 5.11 Å². The van der Waals surface area contributed by atoms with E-state index in [1.54, 1.807) is 14.2 Å². The van der Waals surface area contributed by atoms with Crippen molar-refractivity contribution in [3.63, 3.8) is 0 Å². The summed E-state index contributed by atoms with van der Waals surface area (Å²) in [6.07, 6.45) is 7.62. The number of phenolic OH excluding ortho intramolecular Hbond substituents is 1. The van der Waals surface area contributed by atoms with Crippen molar-refractivity contribution in [2.75, 3.05) is 14.2 Å². The third-order valence-corrected chi connectivity index (χ3v) is 5.46. The molecule has 3 heteroatoms. The van der Waals surface area contributed by atoms with Crippen molar-refractivity contribution in [3.8, 4) is 39.5 Å². The van der Waals surface area contributed by atoms with Crippen molar-refractivity contribution >= 4 is 0 Å². The van der Waals surface area contributed by atoms with Gasteiger partial charge in [-0.25, -0.2) is 0 Å². The second-order valence-corrected chi connectivity index (χ2v) is 7.57. The number of rotatable bonds is 10. The zero-order valence-corrected chi connectivity index (χ0v) is 18.9. The summed E-state index contributed by atoms with van der Waals surface area (Å²) >= 11 is 0. The van der Waals surface area contributed by atoms with Crippen molar-refractivity contribution in [3.05, 3.63) is 103 Å². The predicted molar refractivity (Wildman–Crippen MR) is 134 cm³/mol. The van der Waals surface area contributed by atoms with Gasteiger partial charge >= 0.3 is 0 Å². The molecule has 1 N–H and O–H groups in total. The number of ether oxygens (including phenoxy) is 2. The van der Waals surface area contributed by atoms with E-state index in [0.29, 0.717) is 19.3 Å². The zero-order valence-electron chi connectivity index (χ0n) is 18.9. The topological polar surface area (TPSA) is 38.7 Å². The van der Waals surface area contributed by atoms with Crippen LogP contribution in [0.3, 0.4) is 0 Å². The monoisotopic (exact) mass is 426 g/mol.